The molecule has 2 nitrogen and oxygen atoms in total. The van der Waals surface area contributed by atoms with Crippen molar-refractivity contribution in [2.45, 2.75) is 24.2 Å². The standard InChI is InChI=1S/C13H17F2NOS/c14-9-3-4-11(12(15)6-9)13(17)8-16-7-10-2-1-5-18-10/h3-4,6,10,13,16-17H,1-2,5,7-8H2. The molecule has 5 heteroatoms. The van der Waals surface area contributed by atoms with Crippen LogP contribution in [-0.4, -0.2) is 29.2 Å². The Morgan fingerprint density at radius 2 is 2.28 bits per heavy atom. The molecule has 0 aromatic heterocycles. The summed E-state index contributed by atoms with van der Waals surface area (Å²) in [5.41, 5.74) is 0.142. The van der Waals surface area contributed by atoms with Crippen LogP contribution in [-0.2, 0) is 0 Å². The number of thioether (sulfide) groups is 1. The first kappa shape index (κ1) is 13.8. The summed E-state index contributed by atoms with van der Waals surface area (Å²) in [6, 6.07) is 3.25. The maximum Gasteiger partial charge on any atom is 0.131 e. The lowest BCUT2D eigenvalue weighted by molar-refractivity contribution is 0.170. The lowest BCUT2D eigenvalue weighted by Crippen LogP contribution is -2.28. The molecule has 100 valence electrons. The smallest absolute Gasteiger partial charge is 0.131 e. The molecule has 18 heavy (non-hydrogen) atoms. The van der Waals surface area contributed by atoms with Crippen molar-refractivity contribution in [3.63, 3.8) is 0 Å². The molecular weight excluding hydrogens is 256 g/mol. The van der Waals surface area contributed by atoms with E-state index in [1.54, 1.807) is 0 Å². The number of hydrogen-bond acceptors (Lipinski definition) is 3. The molecule has 2 N–H and O–H groups in total. The van der Waals surface area contributed by atoms with E-state index in [1.165, 1.54) is 24.7 Å². The van der Waals surface area contributed by atoms with Gasteiger partial charge in [0.1, 0.15) is 11.6 Å². The fourth-order valence-electron chi connectivity index (χ4n) is 2.07. The summed E-state index contributed by atoms with van der Waals surface area (Å²) in [6.45, 7) is 1.12. The van der Waals surface area contributed by atoms with Crippen LogP contribution < -0.4 is 5.32 Å². The average molecular weight is 273 g/mol. The minimum absolute atomic E-state index is 0.142. The molecule has 1 fully saturated rings. The van der Waals surface area contributed by atoms with Crippen molar-refractivity contribution in [3.8, 4) is 0 Å². The van der Waals surface area contributed by atoms with E-state index in [9.17, 15) is 13.9 Å². The summed E-state index contributed by atoms with van der Waals surface area (Å²) in [5, 5.41) is 13.6. The van der Waals surface area contributed by atoms with E-state index in [0.29, 0.717) is 11.8 Å². The first-order valence-electron chi connectivity index (χ1n) is 6.12. The molecular formula is C13H17F2NOS. The summed E-state index contributed by atoms with van der Waals surface area (Å²) in [7, 11) is 0. The van der Waals surface area contributed by atoms with Crippen LogP contribution in [0.4, 0.5) is 8.78 Å². The predicted molar refractivity (Wildman–Crippen MR) is 69.7 cm³/mol. The van der Waals surface area contributed by atoms with Gasteiger partial charge >= 0.3 is 0 Å². The second kappa shape index (κ2) is 6.50. The van der Waals surface area contributed by atoms with Crippen molar-refractivity contribution < 1.29 is 13.9 Å². The number of hydrogen-bond donors (Lipinski definition) is 2. The van der Waals surface area contributed by atoms with E-state index in [-0.39, 0.29) is 5.56 Å². The third-order valence-corrected chi connectivity index (χ3v) is 4.45. The molecule has 0 spiro atoms. The lowest BCUT2D eigenvalue weighted by atomic mass is 10.1. The molecule has 0 bridgehead atoms. The van der Waals surface area contributed by atoms with Gasteiger partial charge in [-0.05, 0) is 24.7 Å². The number of aliphatic hydroxyl groups is 1. The molecule has 1 aliphatic heterocycles. The van der Waals surface area contributed by atoms with Crippen LogP contribution in [0, 0.1) is 11.6 Å². The zero-order valence-electron chi connectivity index (χ0n) is 10.0. The Labute approximate surface area is 110 Å². The SMILES string of the molecule is OC(CNCC1CCCS1)c1ccc(F)cc1F. The molecule has 2 unspecified atom stereocenters. The van der Waals surface area contributed by atoms with Crippen molar-refractivity contribution in [3.05, 3.63) is 35.4 Å². The monoisotopic (exact) mass is 273 g/mol. The van der Waals surface area contributed by atoms with E-state index in [1.807, 2.05) is 11.8 Å². The van der Waals surface area contributed by atoms with Crippen molar-refractivity contribution in [1.29, 1.82) is 0 Å². The fraction of sp³-hybridized carbons (Fsp3) is 0.538. The molecule has 2 rings (SSSR count). The Kier molecular flexibility index (Phi) is 4.97. The van der Waals surface area contributed by atoms with Crippen molar-refractivity contribution in [2.24, 2.45) is 0 Å². The van der Waals surface area contributed by atoms with Crippen molar-refractivity contribution in [2.75, 3.05) is 18.8 Å². The van der Waals surface area contributed by atoms with Gasteiger partial charge in [0.25, 0.3) is 0 Å². The van der Waals surface area contributed by atoms with Crippen molar-refractivity contribution >= 4 is 11.8 Å². The Morgan fingerprint density at radius 1 is 1.44 bits per heavy atom. The van der Waals surface area contributed by atoms with Gasteiger partial charge in [0.15, 0.2) is 0 Å². The molecule has 1 aromatic carbocycles. The maximum absolute atomic E-state index is 13.4. The predicted octanol–water partition coefficient (Wildman–Crippen LogP) is 2.48. The molecule has 0 aliphatic carbocycles. The van der Waals surface area contributed by atoms with Gasteiger partial charge in [-0.3, -0.25) is 0 Å². The molecule has 1 aromatic rings. The number of nitrogens with one attached hydrogen (secondary N) is 1. The van der Waals surface area contributed by atoms with E-state index in [2.05, 4.69) is 5.32 Å². The Morgan fingerprint density at radius 3 is 2.94 bits per heavy atom. The van der Waals surface area contributed by atoms with Crippen LogP contribution in [0.15, 0.2) is 18.2 Å². The fourth-order valence-corrected chi connectivity index (χ4v) is 3.30. The van der Waals surface area contributed by atoms with Gasteiger partial charge in [-0.2, -0.15) is 11.8 Å². The maximum atomic E-state index is 13.4. The summed E-state index contributed by atoms with van der Waals surface area (Å²) >= 11 is 1.93. The van der Waals surface area contributed by atoms with Gasteiger partial charge in [-0.15, -0.1) is 0 Å². The van der Waals surface area contributed by atoms with E-state index in [4.69, 9.17) is 0 Å². The molecule has 1 aliphatic rings. The third kappa shape index (κ3) is 3.67. The zero-order chi connectivity index (χ0) is 13.0. The molecule has 1 heterocycles. The second-order valence-electron chi connectivity index (χ2n) is 4.47. The highest BCUT2D eigenvalue weighted by Gasteiger charge is 2.17. The second-order valence-corrected chi connectivity index (χ2v) is 5.88. The average Bonchev–Trinajstić information content (AvgIpc) is 2.81. The Hall–Kier alpha value is -0.650. The van der Waals surface area contributed by atoms with Gasteiger partial charge < -0.3 is 10.4 Å². The molecule has 1 saturated heterocycles. The molecule has 0 radical (unpaired) electrons. The van der Waals surface area contributed by atoms with E-state index < -0.39 is 17.7 Å². The van der Waals surface area contributed by atoms with Gasteiger partial charge in [-0.25, -0.2) is 8.78 Å². The van der Waals surface area contributed by atoms with Crippen LogP contribution in [0.5, 0.6) is 0 Å². The normalized spacial score (nSPS) is 21.2. The minimum Gasteiger partial charge on any atom is -0.387 e. The zero-order valence-corrected chi connectivity index (χ0v) is 10.9. The molecule has 0 saturated carbocycles. The van der Waals surface area contributed by atoms with E-state index in [0.717, 1.165) is 18.7 Å². The number of benzene rings is 1. The quantitative estimate of drug-likeness (QED) is 0.864. The first-order valence-corrected chi connectivity index (χ1v) is 7.17. The Bertz CT molecular complexity index is 397. The van der Waals surface area contributed by atoms with Gasteiger partial charge in [0.2, 0.25) is 0 Å². The summed E-state index contributed by atoms with van der Waals surface area (Å²) in [5.74, 6) is -0.125. The van der Waals surface area contributed by atoms with Crippen LogP contribution in [0.2, 0.25) is 0 Å². The summed E-state index contributed by atoms with van der Waals surface area (Å²) < 4.78 is 26.1. The minimum atomic E-state index is -0.933. The van der Waals surface area contributed by atoms with Gasteiger partial charge in [0.05, 0.1) is 6.10 Å². The highest BCUT2D eigenvalue weighted by Crippen LogP contribution is 2.25. The third-order valence-electron chi connectivity index (χ3n) is 3.06. The van der Waals surface area contributed by atoms with Crippen LogP contribution in [0.25, 0.3) is 0 Å². The van der Waals surface area contributed by atoms with Crippen molar-refractivity contribution in [1.82, 2.24) is 5.32 Å². The number of halogens is 2. The lowest BCUT2D eigenvalue weighted by Gasteiger charge is -2.15. The Balaban J connectivity index is 1.81. The van der Waals surface area contributed by atoms with Gasteiger partial charge in [-0.1, -0.05) is 6.07 Å². The highest BCUT2D eigenvalue weighted by atomic mass is 32.2. The first-order chi connectivity index (χ1) is 8.66. The van der Waals surface area contributed by atoms with E-state index >= 15 is 0 Å². The largest absolute Gasteiger partial charge is 0.387 e. The number of rotatable bonds is 5. The summed E-state index contributed by atoms with van der Waals surface area (Å²) in [6.07, 6.45) is 1.50. The van der Waals surface area contributed by atoms with Gasteiger partial charge in [0, 0.05) is 30.0 Å². The highest BCUT2D eigenvalue weighted by molar-refractivity contribution is 8.00. The summed E-state index contributed by atoms with van der Waals surface area (Å²) in [4.78, 5) is 0. The number of aliphatic hydroxyl groups excluding tert-OH is 1. The molecule has 2 atom stereocenters. The van der Waals surface area contributed by atoms with Crippen LogP contribution in [0.1, 0.15) is 24.5 Å². The van der Waals surface area contributed by atoms with Crippen LogP contribution in [0.3, 0.4) is 0 Å². The molecule has 0 amide bonds. The topological polar surface area (TPSA) is 32.3 Å². The van der Waals surface area contributed by atoms with Crippen LogP contribution >= 0.6 is 11.8 Å².